The fourth-order valence-corrected chi connectivity index (χ4v) is 1.67. The molecule has 0 aliphatic rings. The van der Waals surface area contributed by atoms with Gasteiger partial charge >= 0.3 is 0 Å². The van der Waals surface area contributed by atoms with Crippen LogP contribution in [0.3, 0.4) is 0 Å². The third-order valence-electron chi connectivity index (χ3n) is 2.27. The van der Waals surface area contributed by atoms with Gasteiger partial charge in [-0.05, 0) is 23.8 Å². The van der Waals surface area contributed by atoms with Gasteiger partial charge in [-0.15, -0.1) is 0 Å². The van der Waals surface area contributed by atoms with Crippen LogP contribution >= 0.6 is 11.6 Å². The number of rotatable bonds is 3. The van der Waals surface area contributed by atoms with E-state index in [0.29, 0.717) is 23.6 Å². The number of benzene rings is 1. The standard InChI is InChI=1S/C12H10ClF2N3/c13-11-4-8(16)5-12(18-11)17-6-7-1-2-9(14)10(15)3-7/h1-5H,6H2,(H3,16,17,18). The number of nitrogen functional groups attached to an aromatic ring is 1. The summed E-state index contributed by atoms with van der Waals surface area (Å²) in [5, 5.41) is 3.19. The Labute approximate surface area is 108 Å². The van der Waals surface area contributed by atoms with Crippen molar-refractivity contribution in [2.24, 2.45) is 0 Å². The second-order valence-electron chi connectivity index (χ2n) is 3.71. The summed E-state index contributed by atoms with van der Waals surface area (Å²) in [5.41, 5.74) is 6.67. The van der Waals surface area contributed by atoms with Crippen LogP contribution in [0.15, 0.2) is 30.3 Å². The third kappa shape index (κ3) is 3.07. The van der Waals surface area contributed by atoms with Crippen molar-refractivity contribution in [3.05, 3.63) is 52.7 Å². The number of anilines is 2. The van der Waals surface area contributed by atoms with Crippen LogP contribution in [-0.2, 0) is 6.54 Å². The van der Waals surface area contributed by atoms with Crippen LogP contribution in [0.25, 0.3) is 0 Å². The highest BCUT2D eigenvalue weighted by Crippen LogP contribution is 2.17. The maximum atomic E-state index is 13.0. The van der Waals surface area contributed by atoms with Gasteiger partial charge < -0.3 is 11.1 Å². The lowest BCUT2D eigenvalue weighted by Gasteiger charge is -2.07. The normalized spacial score (nSPS) is 10.4. The van der Waals surface area contributed by atoms with E-state index in [1.54, 1.807) is 6.07 Å². The molecule has 6 heteroatoms. The Balaban J connectivity index is 2.08. The molecule has 1 aromatic carbocycles. The Morgan fingerprint density at radius 3 is 2.61 bits per heavy atom. The first-order chi connectivity index (χ1) is 8.54. The summed E-state index contributed by atoms with van der Waals surface area (Å²) in [7, 11) is 0. The minimum absolute atomic E-state index is 0.266. The minimum Gasteiger partial charge on any atom is -0.399 e. The number of pyridine rings is 1. The molecule has 94 valence electrons. The van der Waals surface area contributed by atoms with E-state index < -0.39 is 11.6 Å². The summed E-state index contributed by atoms with van der Waals surface area (Å²) in [4.78, 5) is 4.00. The van der Waals surface area contributed by atoms with Crippen LogP contribution < -0.4 is 11.1 Å². The molecule has 2 rings (SSSR count). The lowest BCUT2D eigenvalue weighted by atomic mass is 10.2. The Morgan fingerprint density at radius 1 is 1.17 bits per heavy atom. The summed E-state index contributed by atoms with van der Waals surface area (Å²) in [6.07, 6.45) is 0. The van der Waals surface area contributed by atoms with Crippen molar-refractivity contribution in [1.29, 1.82) is 0 Å². The van der Waals surface area contributed by atoms with Gasteiger partial charge in [0.25, 0.3) is 0 Å². The number of nitrogens with one attached hydrogen (secondary N) is 1. The average molecular weight is 270 g/mol. The van der Waals surface area contributed by atoms with Crippen molar-refractivity contribution in [1.82, 2.24) is 4.98 Å². The molecule has 0 aliphatic carbocycles. The Kier molecular flexibility index (Phi) is 3.62. The predicted octanol–water partition coefficient (Wildman–Crippen LogP) is 3.21. The van der Waals surface area contributed by atoms with E-state index in [9.17, 15) is 8.78 Å². The van der Waals surface area contributed by atoms with E-state index in [1.165, 1.54) is 12.1 Å². The summed E-state index contributed by atoms with van der Waals surface area (Å²) in [6.45, 7) is 0.296. The van der Waals surface area contributed by atoms with Gasteiger partial charge in [-0.3, -0.25) is 0 Å². The topological polar surface area (TPSA) is 50.9 Å². The van der Waals surface area contributed by atoms with Gasteiger partial charge in [-0.2, -0.15) is 0 Å². The first-order valence-corrected chi connectivity index (χ1v) is 5.53. The second kappa shape index (κ2) is 5.18. The molecule has 0 aliphatic heterocycles. The number of nitrogens with two attached hydrogens (primary N) is 1. The van der Waals surface area contributed by atoms with Crippen molar-refractivity contribution in [2.45, 2.75) is 6.54 Å². The lowest BCUT2D eigenvalue weighted by Crippen LogP contribution is -2.03. The monoisotopic (exact) mass is 269 g/mol. The number of nitrogens with zero attached hydrogens (tertiary/aromatic N) is 1. The first kappa shape index (κ1) is 12.6. The molecule has 0 amide bonds. The summed E-state index contributed by atoms with van der Waals surface area (Å²) < 4.78 is 25.7. The van der Waals surface area contributed by atoms with Gasteiger partial charge in [-0.1, -0.05) is 17.7 Å². The molecule has 0 atom stereocenters. The van der Waals surface area contributed by atoms with Crippen LogP contribution in [0.2, 0.25) is 5.15 Å². The van der Waals surface area contributed by atoms with Crippen molar-refractivity contribution < 1.29 is 8.78 Å². The van der Waals surface area contributed by atoms with Crippen molar-refractivity contribution >= 4 is 23.1 Å². The zero-order valence-electron chi connectivity index (χ0n) is 9.25. The van der Waals surface area contributed by atoms with Gasteiger partial charge in [0, 0.05) is 18.3 Å². The second-order valence-corrected chi connectivity index (χ2v) is 4.10. The summed E-state index contributed by atoms with van der Waals surface area (Å²) >= 11 is 5.74. The van der Waals surface area contributed by atoms with E-state index in [0.717, 1.165) is 12.1 Å². The number of hydrogen-bond acceptors (Lipinski definition) is 3. The van der Waals surface area contributed by atoms with E-state index in [4.69, 9.17) is 17.3 Å². The maximum Gasteiger partial charge on any atom is 0.159 e. The minimum atomic E-state index is -0.882. The largest absolute Gasteiger partial charge is 0.399 e. The smallest absolute Gasteiger partial charge is 0.159 e. The average Bonchev–Trinajstić information content (AvgIpc) is 2.29. The van der Waals surface area contributed by atoms with Gasteiger partial charge in [0.2, 0.25) is 0 Å². The zero-order chi connectivity index (χ0) is 13.1. The molecule has 3 nitrogen and oxygen atoms in total. The number of aromatic nitrogens is 1. The molecule has 0 saturated carbocycles. The highest BCUT2D eigenvalue weighted by atomic mass is 35.5. The van der Waals surface area contributed by atoms with Crippen molar-refractivity contribution in [2.75, 3.05) is 11.1 Å². The van der Waals surface area contributed by atoms with E-state index in [-0.39, 0.29) is 5.15 Å². The molecule has 0 radical (unpaired) electrons. The fourth-order valence-electron chi connectivity index (χ4n) is 1.45. The molecule has 1 aromatic heterocycles. The SMILES string of the molecule is Nc1cc(Cl)nc(NCc2ccc(F)c(F)c2)c1. The molecule has 0 fully saturated rings. The van der Waals surface area contributed by atoms with Crippen LogP contribution in [0.1, 0.15) is 5.56 Å². The molecule has 2 aromatic rings. The summed E-state index contributed by atoms with van der Waals surface area (Å²) in [5.74, 6) is -1.28. The van der Waals surface area contributed by atoms with Crippen LogP contribution in [-0.4, -0.2) is 4.98 Å². The van der Waals surface area contributed by atoms with E-state index >= 15 is 0 Å². The molecular formula is C12H10ClF2N3. The Morgan fingerprint density at radius 2 is 1.94 bits per heavy atom. The lowest BCUT2D eigenvalue weighted by molar-refractivity contribution is 0.507. The highest BCUT2D eigenvalue weighted by Gasteiger charge is 2.03. The highest BCUT2D eigenvalue weighted by molar-refractivity contribution is 6.29. The first-order valence-electron chi connectivity index (χ1n) is 5.15. The Bertz CT molecular complexity index is 555. The van der Waals surface area contributed by atoms with Gasteiger partial charge in [0.15, 0.2) is 11.6 Å². The molecule has 0 saturated heterocycles. The van der Waals surface area contributed by atoms with Crippen LogP contribution in [0.5, 0.6) is 0 Å². The summed E-state index contributed by atoms with van der Waals surface area (Å²) in [6, 6.07) is 6.80. The molecule has 0 spiro atoms. The molecular weight excluding hydrogens is 260 g/mol. The molecule has 1 heterocycles. The van der Waals surface area contributed by atoms with Gasteiger partial charge in [-0.25, -0.2) is 13.8 Å². The van der Waals surface area contributed by atoms with Crippen LogP contribution in [0.4, 0.5) is 20.3 Å². The van der Waals surface area contributed by atoms with E-state index in [1.807, 2.05) is 0 Å². The predicted molar refractivity (Wildman–Crippen MR) is 67.3 cm³/mol. The van der Waals surface area contributed by atoms with Crippen molar-refractivity contribution in [3.8, 4) is 0 Å². The Hall–Kier alpha value is -1.88. The molecule has 0 bridgehead atoms. The maximum absolute atomic E-state index is 13.0. The van der Waals surface area contributed by atoms with Gasteiger partial charge in [0.05, 0.1) is 0 Å². The molecule has 0 unspecified atom stereocenters. The quantitative estimate of drug-likeness (QED) is 0.841. The van der Waals surface area contributed by atoms with E-state index in [2.05, 4.69) is 10.3 Å². The van der Waals surface area contributed by atoms with Gasteiger partial charge in [0.1, 0.15) is 11.0 Å². The molecule has 3 N–H and O–H groups in total. The van der Waals surface area contributed by atoms with Crippen LogP contribution in [0, 0.1) is 11.6 Å². The zero-order valence-corrected chi connectivity index (χ0v) is 10.0. The number of hydrogen-bond donors (Lipinski definition) is 2. The third-order valence-corrected chi connectivity index (χ3v) is 2.47. The molecule has 18 heavy (non-hydrogen) atoms. The fraction of sp³-hybridized carbons (Fsp3) is 0.0833. The van der Waals surface area contributed by atoms with Crippen molar-refractivity contribution in [3.63, 3.8) is 0 Å². The number of halogens is 3.